The predicted molar refractivity (Wildman–Crippen MR) is 109 cm³/mol. The van der Waals surface area contributed by atoms with Gasteiger partial charge in [0, 0.05) is 23.2 Å². The van der Waals surface area contributed by atoms with Crippen molar-refractivity contribution >= 4 is 17.0 Å². The van der Waals surface area contributed by atoms with Gasteiger partial charge in [-0.1, -0.05) is 12.1 Å². The van der Waals surface area contributed by atoms with Gasteiger partial charge in [0.05, 0.1) is 23.4 Å². The third-order valence-corrected chi connectivity index (χ3v) is 4.93. The average Bonchev–Trinajstić information content (AvgIpc) is 3.29. The molecule has 1 aliphatic rings. The molecule has 1 N–H and O–H groups in total. The number of aryl methyl sites for hydroxylation is 1. The van der Waals surface area contributed by atoms with Gasteiger partial charge in [-0.25, -0.2) is 9.78 Å². The van der Waals surface area contributed by atoms with Crippen LogP contribution in [0.1, 0.15) is 51.2 Å². The molecule has 6 heteroatoms. The molecule has 1 aromatic carbocycles. The van der Waals surface area contributed by atoms with Gasteiger partial charge in [0.15, 0.2) is 0 Å². The lowest BCUT2D eigenvalue weighted by Gasteiger charge is -2.27. The number of ether oxygens (including phenoxy) is 1. The van der Waals surface area contributed by atoms with Gasteiger partial charge >= 0.3 is 6.09 Å². The fraction of sp³-hybridized carbons (Fsp3) is 0.409. The summed E-state index contributed by atoms with van der Waals surface area (Å²) in [5.41, 5.74) is 3.48. The molecule has 0 bridgehead atoms. The van der Waals surface area contributed by atoms with Gasteiger partial charge in [-0.15, -0.1) is 0 Å². The second kappa shape index (κ2) is 6.93. The van der Waals surface area contributed by atoms with Crippen molar-refractivity contribution in [1.29, 1.82) is 0 Å². The zero-order valence-electron chi connectivity index (χ0n) is 16.8. The molecule has 3 heterocycles. The number of hydrogen-bond donors (Lipinski definition) is 1. The smallest absolute Gasteiger partial charge is 0.410 e. The van der Waals surface area contributed by atoms with E-state index in [0.29, 0.717) is 6.54 Å². The summed E-state index contributed by atoms with van der Waals surface area (Å²) in [5.74, 6) is 0.806. The molecule has 1 aliphatic heterocycles. The first kappa shape index (κ1) is 18.5. The number of benzene rings is 1. The Hall–Kier alpha value is -2.89. The summed E-state index contributed by atoms with van der Waals surface area (Å²) in [6, 6.07) is 10.2. The number of fused-ring (bicyclic) bond motifs is 1. The highest BCUT2D eigenvalue weighted by Crippen LogP contribution is 2.33. The minimum absolute atomic E-state index is 0.0756. The van der Waals surface area contributed by atoms with E-state index in [0.717, 1.165) is 46.5 Å². The van der Waals surface area contributed by atoms with Gasteiger partial charge in [-0.05, 0) is 58.7 Å². The van der Waals surface area contributed by atoms with Crippen molar-refractivity contribution in [2.24, 2.45) is 0 Å². The van der Waals surface area contributed by atoms with Crippen LogP contribution >= 0.6 is 0 Å². The molecular formula is C22H26N4O2. The molecule has 1 fully saturated rings. The zero-order valence-corrected chi connectivity index (χ0v) is 16.8. The molecule has 2 aromatic heterocycles. The number of aromatic nitrogens is 3. The number of rotatable bonds is 2. The number of nitrogens with one attached hydrogen (secondary N) is 1. The van der Waals surface area contributed by atoms with Crippen LogP contribution < -0.4 is 0 Å². The molecule has 0 radical (unpaired) electrons. The lowest BCUT2D eigenvalue weighted by molar-refractivity contribution is 0.0219. The quantitative estimate of drug-likeness (QED) is 0.681. The maximum atomic E-state index is 12.6. The molecule has 1 atom stereocenters. The van der Waals surface area contributed by atoms with Gasteiger partial charge in [0.25, 0.3) is 0 Å². The Morgan fingerprint density at radius 3 is 2.86 bits per heavy atom. The van der Waals surface area contributed by atoms with Gasteiger partial charge in [0.2, 0.25) is 0 Å². The van der Waals surface area contributed by atoms with Crippen LogP contribution in [0.4, 0.5) is 4.79 Å². The number of pyridine rings is 1. The van der Waals surface area contributed by atoms with E-state index in [2.05, 4.69) is 27.1 Å². The van der Waals surface area contributed by atoms with E-state index >= 15 is 0 Å². The molecule has 6 nitrogen and oxygen atoms in total. The summed E-state index contributed by atoms with van der Waals surface area (Å²) in [7, 11) is 0. The van der Waals surface area contributed by atoms with Crippen LogP contribution in [0.5, 0.6) is 0 Å². The molecule has 28 heavy (non-hydrogen) atoms. The Kier molecular flexibility index (Phi) is 4.57. The van der Waals surface area contributed by atoms with E-state index in [1.54, 1.807) is 4.90 Å². The van der Waals surface area contributed by atoms with Crippen molar-refractivity contribution in [3.05, 3.63) is 48.0 Å². The normalized spacial score (nSPS) is 17.3. The van der Waals surface area contributed by atoms with Gasteiger partial charge in [0.1, 0.15) is 11.4 Å². The number of H-pyrrole nitrogens is 1. The van der Waals surface area contributed by atoms with Gasteiger partial charge in [-0.2, -0.15) is 0 Å². The van der Waals surface area contributed by atoms with Crippen molar-refractivity contribution in [3.63, 3.8) is 0 Å². The fourth-order valence-corrected chi connectivity index (χ4v) is 3.64. The van der Waals surface area contributed by atoms with Crippen LogP contribution in [0.15, 0.2) is 36.5 Å². The van der Waals surface area contributed by atoms with Gasteiger partial charge < -0.3 is 9.72 Å². The summed E-state index contributed by atoms with van der Waals surface area (Å²) >= 11 is 0. The second-order valence-corrected chi connectivity index (χ2v) is 8.37. The number of aromatic amines is 1. The van der Waals surface area contributed by atoms with E-state index in [4.69, 9.17) is 4.74 Å². The summed E-state index contributed by atoms with van der Waals surface area (Å²) in [5, 5.41) is 1.09. The topological polar surface area (TPSA) is 71.1 Å². The number of likely N-dealkylation sites (tertiary alicyclic amines) is 1. The maximum Gasteiger partial charge on any atom is 0.410 e. The Labute approximate surface area is 164 Å². The number of amides is 1. The number of nitrogens with zero attached hydrogens (tertiary/aromatic N) is 3. The van der Waals surface area contributed by atoms with E-state index in [9.17, 15) is 4.79 Å². The number of imidazole rings is 1. The Morgan fingerprint density at radius 1 is 1.25 bits per heavy atom. The van der Waals surface area contributed by atoms with E-state index < -0.39 is 5.60 Å². The van der Waals surface area contributed by atoms with Crippen molar-refractivity contribution < 1.29 is 9.53 Å². The Morgan fingerprint density at radius 2 is 2.07 bits per heavy atom. The minimum atomic E-state index is -0.504. The highest BCUT2D eigenvalue weighted by atomic mass is 16.6. The lowest BCUT2D eigenvalue weighted by Crippen LogP contribution is -2.36. The summed E-state index contributed by atoms with van der Waals surface area (Å²) in [6.45, 7) is 8.34. The second-order valence-electron chi connectivity index (χ2n) is 8.37. The third kappa shape index (κ3) is 3.72. The van der Waals surface area contributed by atoms with Crippen LogP contribution in [0.3, 0.4) is 0 Å². The van der Waals surface area contributed by atoms with E-state index in [1.807, 2.05) is 52.1 Å². The fourth-order valence-electron chi connectivity index (χ4n) is 3.64. The summed E-state index contributed by atoms with van der Waals surface area (Å²) in [6.07, 6.45) is 3.39. The molecule has 0 spiro atoms. The minimum Gasteiger partial charge on any atom is -0.444 e. The Balaban J connectivity index is 1.58. The van der Waals surface area contributed by atoms with Crippen LogP contribution in [0.25, 0.3) is 22.2 Å². The van der Waals surface area contributed by atoms with Crippen LogP contribution in [0, 0.1) is 6.92 Å². The van der Waals surface area contributed by atoms with Gasteiger partial charge in [-0.3, -0.25) is 9.88 Å². The van der Waals surface area contributed by atoms with E-state index in [-0.39, 0.29) is 12.1 Å². The zero-order chi connectivity index (χ0) is 19.9. The highest BCUT2D eigenvalue weighted by Gasteiger charge is 2.34. The van der Waals surface area contributed by atoms with Crippen molar-refractivity contribution in [3.8, 4) is 11.3 Å². The summed E-state index contributed by atoms with van der Waals surface area (Å²) < 4.78 is 5.56. The molecule has 1 amide bonds. The van der Waals surface area contributed by atoms with Crippen molar-refractivity contribution in [2.75, 3.05) is 6.54 Å². The first-order chi connectivity index (χ1) is 13.3. The lowest BCUT2D eigenvalue weighted by atomic mass is 10.1. The number of hydrogen-bond acceptors (Lipinski definition) is 4. The molecular weight excluding hydrogens is 352 g/mol. The molecule has 0 aliphatic carbocycles. The highest BCUT2D eigenvalue weighted by molar-refractivity contribution is 5.83. The molecule has 3 aromatic rings. The Bertz CT molecular complexity index is 1020. The van der Waals surface area contributed by atoms with Crippen LogP contribution in [-0.2, 0) is 4.74 Å². The largest absolute Gasteiger partial charge is 0.444 e. The molecule has 146 valence electrons. The SMILES string of the molecule is Cc1ccc2cc(-c3cnc([C@@H]4CCCN4C(=O)OC(C)(C)C)[nH]3)ccc2n1. The average molecular weight is 378 g/mol. The first-order valence-corrected chi connectivity index (χ1v) is 9.72. The molecule has 1 saturated heterocycles. The first-order valence-electron chi connectivity index (χ1n) is 9.72. The number of carbonyl (C=O) groups is 1. The maximum absolute atomic E-state index is 12.6. The van der Waals surface area contributed by atoms with Crippen LogP contribution in [-0.4, -0.2) is 38.1 Å². The number of carbonyl (C=O) groups excluding carboxylic acids is 1. The van der Waals surface area contributed by atoms with Crippen molar-refractivity contribution in [1.82, 2.24) is 19.9 Å². The third-order valence-electron chi connectivity index (χ3n) is 4.93. The predicted octanol–water partition coefficient (Wildman–Crippen LogP) is 5.01. The molecule has 0 unspecified atom stereocenters. The molecule has 4 rings (SSSR count). The summed E-state index contributed by atoms with van der Waals surface area (Å²) in [4.78, 5) is 26.9. The van der Waals surface area contributed by atoms with Crippen molar-refractivity contribution in [2.45, 2.75) is 52.2 Å². The van der Waals surface area contributed by atoms with E-state index in [1.165, 1.54) is 0 Å². The van der Waals surface area contributed by atoms with Crippen LogP contribution in [0.2, 0.25) is 0 Å². The monoisotopic (exact) mass is 378 g/mol. The standard InChI is InChI=1S/C22H26N4O2/c1-14-7-8-15-12-16(9-10-17(15)24-14)18-13-23-20(25-18)19-6-5-11-26(19)21(27)28-22(2,3)4/h7-10,12-13,19H,5-6,11H2,1-4H3,(H,23,25)/t19-/m0/s1. The molecule has 0 saturated carbocycles.